The first-order valence-electron chi connectivity index (χ1n) is 13.7. The van der Waals surface area contributed by atoms with E-state index in [1.165, 1.54) is 55.5 Å². The van der Waals surface area contributed by atoms with Crippen molar-refractivity contribution in [3.05, 3.63) is 126 Å². The number of carbonyl (C=O) groups is 2. The van der Waals surface area contributed by atoms with Crippen molar-refractivity contribution < 1.29 is 27.1 Å². The van der Waals surface area contributed by atoms with Crippen LogP contribution in [0.1, 0.15) is 16.7 Å². The van der Waals surface area contributed by atoms with E-state index < -0.39 is 40.2 Å². The number of anilines is 1. The number of methoxy groups -OCH3 is 1. The number of nitrogens with zero attached hydrogens (tertiary/aromatic N) is 2. The van der Waals surface area contributed by atoms with Crippen molar-refractivity contribution in [3.63, 3.8) is 0 Å². The van der Waals surface area contributed by atoms with Gasteiger partial charge in [-0.15, -0.1) is 0 Å². The minimum atomic E-state index is -4.30. The van der Waals surface area contributed by atoms with Crippen LogP contribution < -0.4 is 14.4 Å². The van der Waals surface area contributed by atoms with Crippen LogP contribution in [-0.4, -0.2) is 51.9 Å². The molecule has 0 spiro atoms. The summed E-state index contributed by atoms with van der Waals surface area (Å²) >= 11 is 0. The van der Waals surface area contributed by atoms with Crippen LogP contribution in [0.5, 0.6) is 5.75 Å². The molecule has 4 rings (SSSR count). The van der Waals surface area contributed by atoms with Crippen molar-refractivity contribution >= 4 is 27.5 Å². The number of hydrogen-bond acceptors (Lipinski definition) is 5. The summed E-state index contributed by atoms with van der Waals surface area (Å²) in [5, 5.41) is 2.66. The molecule has 8 nitrogen and oxygen atoms in total. The van der Waals surface area contributed by atoms with Crippen molar-refractivity contribution in [1.29, 1.82) is 0 Å². The molecule has 224 valence electrons. The summed E-state index contributed by atoms with van der Waals surface area (Å²) in [6.45, 7) is 1.34. The lowest BCUT2D eigenvalue weighted by Gasteiger charge is -2.34. The molecular weight excluding hydrogens is 569 g/mol. The van der Waals surface area contributed by atoms with Crippen LogP contribution in [0.25, 0.3) is 0 Å². The van der Waals surface area contributed by atoms with E-state index in [4.69, 9.17) is 4.74 Å². The maximum absolute atomic E-state index is 14.3. The zero-order chi connectivity index (χ0) is 31.0. The fourth-order valence-corrected chi connectivity index (χ4v) is 6.12. The molecule has 1 N–H and O–H groups in total. The van der Waals surface area contributed by atoms with Gasteiger partial charge in [0.05, 0.1) is 17.7 Å². The Hall–Kier alpha value is -4.70. The molecule has 0 unspecified atom stereocenters. The second kappa shape index (κ2) is 14.0. The van der Waals surface area contributed by atoms with Gasteiger partial charge < -0.3 is 15.0 Å². The lowest BCUT2D eigenvalue weighted by Crippen LogP contribution is -2.53. The molecule has 4 aromatic carbocycles. The van der Waals surface area contributed by atoms with Gasteiger partial charge in [-0.3, -0.25) is 13.9 Å². The number of sulfonamides is 1. The number of rotatable bonds is 12. The summed E-state index contributed by atoms with van der Waals surface area (Å²) in [7, 11) is -1.34. The van der Waals surface area contributed by atoms with Gasteiger partial charge in [0, 0.05) is 20.0 Å². The number of nitrogens with one attached hydrogen (secondary N) is 1. The number of carbonyl (C=O) groups excluding carboxylic acids is 2. The van der Waals surface area contributed by atoms with Gasteiger partial charge in [-0.2, -0.15) is 0 Å². The number of amides is 2. The molecule has 0 aliphatic rings. The van der Waals surface area contributed by atoms with E-state index >= 15 is 0 Å². The Labute approximate surface area is 251 Å². The quantitative estimate of drug-likeness (QED) is 0.253. The van der Waals surface area contributed by atoms with Crippen molar-refractivity contribution in [3.8, 4) is 5.75 Å². The largest absolute Gasteiger partial charge is 0.497 e. The maximum Gasteiger partial charge on any atom is 0.264 e. The van der Waals surface area contributed by atoms with Crippen molar-refractivity contribution in [2.75, 3.05) is 25.0 Å². The van der Waals surface area contributed by atoms with E-state index in [1.807, 2.05) is 61.5 Å². The number of benzene rings is 4. The van der Waals surface area contributed by atoms with Crippen LogP contribution >= 0.6 is 0 Å². The first-order valence-corrected chi connectivity index (χ1v) is 15.1. The summed E-state index contributed by atoms with van der Waals surface area (Å²) in [5.74, 6) is -1.09. The predicted molar refractivity (Wildman–Crippen MR) is 164 cm³/mol. The van der Waals surface area contributed by atoms with E-state index in [0.717, 1.165) is 33.1 Å². The lowest BCUT2D eigenvalue weighted by atomic mass is 10.0. The highest BCUT2D eigenvalue weighted by Crippen LogP contribution is 2.27. The third kappa shape index (κ3) is 7.58. The second-order valence-electron chi connectivity index (χ2n) is 9.93. The number of halogens is 1. The zero-order valence-electron chi connectivity index (χ0n) is 24.2. The Bertz CT molecular complexity index is 1650. The van der Waals surface area contributed by atoms with Crippen LogP contribution in [0.3, 0.4) is 0 Å². The highest BCUT2D eigenvalue weighted by molar-refractivity contribution is 7.92. The van der Waals surface area contributed by atoms with Crippen LogP contribution in [-0.2, 0) is 32.6 Å². The van der Waals surface area contributed by atoms with Crippen molar-refractivity contribution in [2.24, 2.45) is 0 Å². The SMILES string of the molecule is CNC(=O)[C@@H](Cc1ccccc1)N(Cc1ccccc1C)C(=O)CN(c1ccc(F)cc1)S(=O)(=O)c1ccc(OC)cc1. The van der Waals surface area contributed by atoms with Crippen LogP contribution in [0.15, 0.2) is 108 Å². The molecule has 0 aliphatic heterocycles. The molecule has 0 aliphatic carbocycles. The molecule has 10 heteroatoms. The summed E-state index contributed by atoms with van der Waals surface area (Å²) in [5.41, 5.74) is 2.65. The second-order valence-corrected chi connectivity index (χ2v) is 11.8. The Morgan fingerprint density at radius 3 is 2.12 bits per heavy atom. The molecule has 0 heterocycles. The van der Waals surface area contributed by atoms with Crippen molar-refractivity contribution in [1.82, 2.24) is 10.2 Å². The summed E-state index contributed by atoms with van der Waals surface area (Å²) in [4.78, 5) is 28.9. The van der Waals surface area contributed by atoms with E-state index in [-0.39, 0.29) is 23.5 Å². The van der Waals surface area contributed by atoms with Gasteiger partial charge in [-0.25, -0.2) is 12.8 Å². The number of aryl methyl sites for hydroxylation is 1. The molecule has 2 amide bonds. The minimum absolute atomic E-state index is 0.0657. The van der Waals surface area contributed by atoms with Gasteiger partial charge >= 0.3 is 0 Å². The van der Waals surface area contributed by atoms with E-state index in [2.05, 4.69) is 5.32 Å². The monoisotopic (exact) mass is 603 g/mol. The normalized spacial score (nSPS) is 11.8. The molecule has 0 saturated heterocycles. The highest BCUT2D eigenvalue weighted by atomic mass is 32.2. The summed E-state index contributed by atoms with van der Waals surface area (Å²) < 4.78 is 47.9. The molecule has 0 saturated carbocycles. The lowest BCUT2D eigenvalue weighted by molar-refractivity contribution is -0.139. The summed E-state index contributed by atoms with van der Waals surface area (Å²) in [6.07, 6.45) is 0.208. The van der Waals surface area contributed by atoms with E-state index in [9.17, 15) is 22.4 Å². The van der Waals surface area contributed by atoms with E-state index in [1.54, 1.807) is 0 Å². The molecule has 1 atom stereocenters. The van der Waals surface area contributed by atoms with Crippen LogP contribution in [0.4, 0.5) is 10.1 Å². The number of hydrogen-bond donors (Lipinski definition) is 1. The van der Waals surface area contributed by atoms with Gasteiger partial charge in [0.2, 0.25) is 11.8 Å². The fourth-order valence-electron chi connectivity index (χ4n) is 4.70. The molecule has 0 aromatic heterocycles. The smallest absolute Gasteiger partial charge is 0.264 e. The third-order valence-corrected chi connectivity index (χ3v) is 8.95. The van der Waals surface area contributed by atoms with Gasteiger partial charge in [0.1, 0.15) is 24.2 Å². The average Bonchev–Trinajstić information content (AvgIpc) is 3.02. The number of likely N-dealkylation sites (N-methyl/N-ethyl adjacent to an activating group) is 1. The van der Waals surface area contributed by atoms with Gasteiger partial charge in [-0.1, -0.05) is 54.6 Å². The standard InChI is InChI=1S/C33H34FN3O5S/c1-24-9-7-8-12-26(24)22-36(31(33(39)35-2)21-25-10-5-4-6-11-25)32(38)23-37(28-15-13-27(34)14-16-28)43(40,41)30-19-17-29(42-3)18-20-30/h4-20,31H,21-23H2,1-3H3,(H,35,39)/t31-/m1/s1. The Kier molecular flexibility index (Phi) is 10.2. The first kappa shape index (κ1) is 31.2. The molecule has 0 fully saturated rings. The topological polar surface area (TPSA) is 96.0 Å². The molecule has 4 aromatic rings. The molecule has 43 heavy (non-hydrogen) atoms. The van der Waals surface area contributed by atoms with Gasteiger partial charge in [0.15, 0.2) is 0 Å². The summed E-state index contributed by atoms with van der Waals surface area (Å²) in [6, 6.07) is 26.5. The molecule has 0 radical (unpaired) electrons. The first-order chi connectivity index (χ1) is 20.6. The zero-order valence-corrected chi connectivity index (χ0v) is 25.1. The maximum atomic E-state index is 14.3. The van der Waals surface area contributed by atoms with Gasteiger partial charge in [-0.05, 0) is 72.1 Å². The highest BCUT2D eigenvalue weighted by Gasteiger charge is 2.34. The van der Waals surface area contributed by atoms with E-state index in [0.29, 0.717) is 5.75 Å². The average molecular weight is 604 g/mol. The number of ether oxygens (including phenoxy) is 1. The fraction of sp³-hybridized carbons (Fsp3) is 0.212. The van der Waals surface area contributed by atoms with Crippen molar-refractivity contribution in [2.45, 2.75) is 30.8 Å². The van der Waals surface area contributed by atoms with Crippen LogP contribution in [0.2, 0.25) is 0 Å². The van der Waals surface area contributed by atoms with Crippen LogP contribution in [0, 0.1) is 12.7 Å². The third-order valence-electron chi connectivity index (χ3n) is 7.16. The molecular formula is C33H34FN3O5S. The molecule has 0 bridgehead atoms. The predicted octanol–water partition coefficient (Wildman–Crippen LogP) is 4.72. The minimum Gasteiger partial charge on any atom is -0.497 e. The Morgan fingerprint density at radius 1 is 0.884 bits per heavy atom. The Balaban J connectivity index is 1.79. The Morgan fingerprint density at radius 2 is 1.51 bits per heavy atom. The van der Waals surface area contributed by atoms with Gasteiger partial charge in [0.25, 0.3) is 10.0 Å².